The number of amides is 2. The van der Waals surface area contributed by atoms with Crippen molar-refractivity contribution in [3.63, 3.8) is 0 Å². The lowest BCUT2D eigenvalue weighted by Gasteiger charge is -2.13. The van der Waals surface area contributed by atoms with E-state index >= 15 is 0 Å². The fourth-order valence-electron chi connectivity index (χ4n) is 2.56. The van der Waals surface area contributed by atoms with E-state index in [1.54, 1.807) is 6.92 Å². The molecular weight excluding hydrogens is 307 g/mol. The molecule has 2 rings (SSSR count). The highest BCUT2D eigenvalue weighted by Crippen LogP contribution is 2.21. The topological polar surface area (TPSA) is 58.2 Å². The molecule has 126 valence electrons. The van der Waals surface area contributed by atoms with Crippen LogP contribution in [0.5, 0.6) is 0 Å². The van der Waals surface area contributed by atoms with E-state index in [0.717, 1.165) is 28.4 Å². The van der Waals surface area contributed by atoms with E-state index in [0.29, 0.717) is 5.56 Å². The van der Waals surface area contributed by atoms with Gasteiger partial charge in [0.1, 0.15) is 5.82 Å². The highest BCUT2D eigenvalue weighted by Gasteiger charge is 2.12. The van der Waals surface area contributed by atoms with Gasteiger partial charge < -0.3 is 10.6 Å². The molecule has 0 atom stereocenters. The lowest BCUT2D eigenvalue weighted by molar-refractivity contribution is -0.115. The number of carbonyl (C=O) groups is 2. The minimum absolute atomic E-state index is 0.179. The maximum absolute atomic E-state index is 13.5. The van der Waals surface area contributed by atoms with E-state index in [1.807, 2.05) is 32.9 Å². The predicted octanol–water partition coefficient (Wildman–Crippen LogP) is 3.43. The molecule has 2 aromatic carbocycles. The Hall–Kier alpha value is -2.69. The van der Waals surface area contributed by atoms with Gasteiger partial charge in [-0.25, -0.2) is 4.39 Å². The number of halogens is 1. The summed E-state index contributed by atoms with van der Waals surface area (Å²) in [4.78, 5) is 24.0. The molecule has 0 aliphatic rings. The lowest BCUT2D eigenvalue weighted by Crippen LogP contribution is -2.33. The Morgan fingerprint density at radius 2 is 1.58 bits per heavy atom. The van der Waals surface area contributed by atoms with Crippen LogP contribution >= 0.6 is 0 Å². The molecule has 0 fully saturated rings. The van der Waals surface area contributed by atoms with Crippen molar-refractivity contribution in [2.24, 2.45) is 0 Å². The summed E-state index contributed by atoms with van der Waals surface area (Å²) < 4.78 is 13.5. The smallest absolute Gasteiger partial charge is 0.251 e. The van der Waals surface area contributed by atoms with Crippen LogP contribution in [0.1, 0.15) is 32.6 Å². The largest absolute Gasteiger partial charge is 0.343 e. The Labute approximate surface area is 141 Å². The number of nitrogens with one attached hydrogen (secondary N) is 2. The summed E-state index contributed by atoms with van der Waals surface area (Å²) in [5, 5.41) is 5.30. The Kier molecular flexibility index (Phi) is 5.34. The number of anilines is 1. The number of hydrogen-bond acceptors (Lipinski definition) is 2. The number of carbonyl (C=O) groups excluding carboxylic acids is 2. The second-order valence-corrected chi connectivity index (χ2v) is 5.97. The molecule has 0 aliphatic heterocycles. The zero-order valence-electron chi connectivity index (χ0n) is 14.3. The average molecular weight is 328 g/mol. The standard InChI is InChI=1S/C19H21FN2O2/c1-11-7-13(3)18(14(4)8-11)22-17(23)10-21-19(24)15-6-5-12(2)16(20)9-15/h5-9H,10H2,1-4H3,(H,21,24)(H,22,23). The molecule has 0 saturated heterocycles. The summed E-state index contributed by atoms with van der Waals surface area (Å²) in [5.74, 6) is -1.26. The third-order valence-electron chi connectivity index (χ3n) is 3.78. The molecular formula is C19H21FN2O2. The van der Waals surface area contributed by atoms with Gasteiger partial charge in [-0.1, -0.05) is 23.8 Å². The molecule has 0 aromatic heterocycles. The maximum atomic E-state index is 13.5. The first kappa shape index (κ1) is 17.7. The van der Waals surface area contributed by atoms with Crippen LogP contribution in [0.25, 0.3) is 0 Å². The van der Waals surface area contributed by atoms with Gasteiger partial charge in [-0.15, -0.1) is 0 Å². The van der Waals surface area contributed by atoms with E-state index in [9.17, 15) is 14.0 Å². The first-order valence-corrected chi connectivity index (χ1v) is 7.70. The van der Waals surface area contributed by atoms with Crippen LogP contribution in [-0.2, 0) is 4.79 Å². The fraction of sp³-hybridized carbons (Fsp3) is 0.263. The van der Waals surface area contributed by atoms with Crippen molar-refractivity contribution in [2.75, 3.05) is 11.9 Å². The van der Waals surface area contributed by atoms with Crippen LogP contribution < -0.4 is 10.6 Å². The summed E-state index contributed by atoms with van der Waals surface area (Å²) in [6.07, 6.45) is 0. The molecule has 24 heavy (non-hydrogen) atoms. The average Bonchev–Trinajstić information content (AvgIpc) is 2.51. The molecule has 0 unspecified atom stereocenters. The summed E-state index contributed by atoms with van der Waals surface area (Å²) in [6.45, 7) is 7.27. The first-order valence-electron chi connectivity index (χ1n) is 7.70. The quantitative estimate of drug-likeness (QED) is 0.903. The number of aryl methyl sites for hydroxylation is 4. The molecule has 2 aromatic rings. The van der Waals surface area contributed by atoms with Crippen LogP contribution in [0, 0.1) is 33.5 Å². The van der Waals surface area contributed by atoms with Crippen molar-refractivity contribution in [3.8, 4) is 0 Å². The van der Waals surface area contributed by atoms with Crippen LogP contribution in [0.2, 0.25) is 0 Å². The second-order valence-electron chi connectivity index (χ2n) is 5.97. The summed E-state index contributed by atoms with van der Waals surface area (Å²) in [7, 11) is 0. The maximum Gasteiger partial charge on any atom is 0.251 e. The summed E-state index contributed by atoms with van der Waals surface area (Å²) in [6, 6.07) is 8.19. The SMILES string of the molecule is Cc1cc(C)c(NC(=O)CNC(=O)c2ccc(C)c(F)c2)c(C)c1. The van der Waals surface area contributed by atoms with E-state index in [1.165, 1.54) is 12.1 Å². The molecule has 4 nitrogen and oxygen atoms in total. The fourth-order valence-corrected chi connectivity index (χ4v) is 2.56. The Morgan fingerprint density at radius 1 is 0.958 bits per heavy atom. The zero-order valence-corrected chi connectivity index (χ0v) is 14.3. The third kappa shape index (κ3) is 4.19. The zero-order chi connectivity index (χ0) is 17.9. The van der Waals surface area contributed by atoms with Gasteiger partial charge in [0, 0.05) is 11.3 Å². The van der Waals surface area contributed by atoms with Gasteiger partial charge in [-0.3, -0.25) is 9.59 Å². The Morgan fingerprint density at radius 3 is 2.17 bits per heavy atom. The van der Waals surface area contributed by atoms with Crippen molar-refractivity contribution >= 4 is 17.5 Å². The van der Waals surface area contributed by atoms with Crippen molar-refractivity contribution in [1.82, 2.24) is 5.32 Å². The molecule has 2 N–H and O–H groups in total. The molecule has 0 spiro atoms. The van der Waals surface area contributed by atoms with Crippen LogP contribution in [-0.4, -0.2) is 18.4 Å². The minimum Gasteiger partial charge on any atom is -0.343 e. The van der Waals surface area contributed by atoms with Crippen LogP contribution in [0.4, 0.5) is 10.1 Å². The van der Waals surface area contributed by atoms with Gasteiger partial charge in [0.15, 0.2) is 0 Å². The predicted molar refractivity (Wildman–Crippen MR) is 92.8 cm³/mol. The monoisotopic (exact) mass is 328 g/mol. The van der Waals surface area contributed by atoms with Crippen LogP contribution in [0.15, 0.2) is 30.3 Å². The van der Waals surface area contributed by atoms with Gasteiger partial charge in [-0.2, -0.15) is 0 Å². The van der Waals surface area contributed by atoms with Crippen molar-refractivity contribution < 1.29 is 14.0 Å². The van der Waals surface area contributed by atoms with Gasteiger partial charge in [0.2, 0.25) is 5.91 Å². The van der Waals surface area contributed by atoms with Crippen molar-refractivity contribution in [1.29, 1.82) is 0 Å². The summed E-state index contributed by atoms with van der Waals surface area (Å²) in [5.41, 5.74) is 4.46. The van der Waals surface area contributed by atoms with Crippen molar-refractivity contribution in [2.45, 2.75) is 27.7 Å². The highest BCUT2D eigenvalue weighted by molar-refractivity contribution is 5.99. The number of rotatable bonds is 4. The van der Waals surface area contributed by atoms with Gasteiger partial charge in [-0.05, 0) is 56.5 Å². The number of hydrogen-bond donors (Lipinski definition) is 2. The minimum atomic E-state index is -0.485. The Balaban J connectivity index is 1.98. The molecule has 0 radical (unpaired) electrons. The van der Waals surface area contributed by atoms with E-state index in [4.69, 9.17) is 0 Å². The van der Waals surface area contributed by atoms with Gasteiger partial charge in [0.25, 0.3) is 5.91 Å². The second kappa shape index (κ2) is 7.25. The first-order chi connectivity index (χ1) is 11.3. The van der Waals surface area contributed by atoms with Crippen LogP contribution in [0.3, 0.4) is 0 Å². The Bertz CT molecular complexity index is 777. The number of benzene rings is 2. The normalized spacial score (nSPS) is 10.4. The molecule has 5 heteroatoms. The van der Waals surface area contributed by atoms with Gasteiger partial charge >= 0.3 is 0 Å². The molecule has 0 saturated carbocycles. The lowest BCUT2D eigenvalue weighted by atomic mass is 10.1. The van der Waals surface area contributed by atoms with E-state index in [-0.39, 0.29) is 18.0 Å². The molecule has 2 amide bonds. The molecule has 0 aliphatic carbocycles. The van der Waals surface area contributed by atoms with Gasteiger partial charge in [0.05, 0.1) is 6.54 Å². The molecule has 0 heterocycles. The highest BCUT2D eigenvalue weighted by atomic mass is 19.1. The third-order valence-corrected chi connectivity index (χ3v) is 3.78. The summed E-state index contributed by atoms with van der Waals surface area (Å²) >= 11 is 0. The molecule has 0 bridgehead atoms. The van der Waals surface area contributed by atoms with E-state index < -0.39 is 11.7 Å². The van der Waals surface area contributed by atoms with Crippen molar-refractivity contribution in [3.05, 3.63) is 64.0 Å². The van der Waals surface area contributed by atoms with E-state index in [2.05, 4.69) is 10.6 Å².